The first-order chi connectivity index (χ1) is 17.5. The van der Waals surface area contributed by atoms with E-state index in [0.717, 1.165) is 5.56 Å². The number of nitrogens with zero attached hydrogens (tertiary/aromatic N) is 4. The van der Waals surface area contributed by atoms with Gasteiger partial charge in [0.2, 0.25) is 5.91 Å². The van der Waals surface area contributed by atoms with Crippen LogP contribution in [0.5, 0.6) is 11.5 Å². The number of fused-ring (bicyclic) bond motifs is 1. The van der Waals surface area contributed by atoms with Gasteiger partial charge in [-0.15, -0.1) is 10.2 Å². The van der Waals surface area contributed by atoms with E-state index < -0.39 is 0 Å². The molecule has 0 saturated carbocycles. The Morgan fingerprint density at radius 3 is 2.56 bits per heavy atom. The first-order valence-electron chi connectivity index (χ1n) is 11.2. The van der Waals surface area contributed by atoms with Gasteiger partial charge in [0.05, 0.1) is 25.7 Å². The van der Waals surface area contributed by atoms with Crippen LogP contribution in [-0.4, -0.2) is 58.1 Å². The lowest BCUT2D eigenvalue weighted by Gasteiger charge is -2.11. The molecule has 0 bridgehead atoms. The maximum atomic E-state index is 12.5. The zero-order chi connectivity index (χ0) is 25.5. The minimum Gasteiger partial charge on any atom is -0.497 e. The van der Waals surface area contributed by atoms with Crippen LogP contribution in [-0.2, 0) is 11.2 Å². The third kappa shape index (κ3) is 6.11. The van der Waals surface area contributed by atoms with E-state index in [-0.39, 0.29) is 17.6 Å². The van der Waals surface area contributed by atoms with Gasteiger partial charge in [-0.1, -0.05) is 29.5 Å². The van der Waals surface area contributed by atoms with Gasteiger partial charge in [-0.05, 0) is 43.3 Å². The summed E-state index contributed by atoms with van der Waals surface area (Å²) in [5.41, 5.74) is 2.85. The molecule has 2 heterocycles. The van der Waals surface area contributed by atoms with Crippen molar-refractivity contribution in [2.24, 2.45) is 0 Å². The second kappa shape index (κ2) is 11.5. The van der Waals surface area contributed by atoms with Crippen molar-refractivity contribution in [1.82, 2.24) is 25.1 Å². The number of hydrogen-bond donors (Lipinski definition) is 2. The Labute approximate surface area is 212 Å². The second-order valence-corrected chi connectivity index (χ2v) is 8.83. The van der Waals surface area contributed by atoms with Crippen LogP contribution in [0.4, 0.5) is 5.69 Å². The number of amides is 2. The smallest absolute Gasteiger partial charge is 0.251 e. The topological polar surface area (TPSA) is 120 Å². The molecule has 0 atom stereocenters. The molecule has 0 aliphatic heterocycles. The van der Waals surface area contributed by atoms with Gasteiger partial charge in [0, 0.05) is 24.6 Å². The average Bonchev–Trinajstić information content (AvgIpc) is 3.30. The van der Waals surface area contributed by atoms with Crippen LogP contribution in [0.15, 0.2) is 59.6 Å². The summed E-state index contributed by atoms with van der Waals surface area (Å²) in [6.45, 7) is 2.36. The number of carbonyl (C=O) groups excluding carboxylic acids is 2. The number of aryl methyl sites for hydroxylation is 1. The Morgan fingerprint density at radius 1 is 1.00 bits per heavy atom. The van der Waals surface area contributed by atoms with Crippen LogP contribution < -0.4 is 20.1 Å². The van der Waals surface area contributed by atoms with Gasteiger partial charge >= 0.3 is 0 Å². The number of benzene rings is 2. The third-order valence-corrected chi connectivity index (χ3v) is 6.20. The Hall–Kier alpha value is -4.12. The van der Waals surface area contributed by atoms with E-state index in [0.29, 0.717) is 52.2 Å². The molecule has 4 aromatic rings. The fourth-order valence-electron chi connectivity index (χ4n) is 3.37. The Bertz CT molecular complexity index is 1370. The van der Waals surface area contributed by atoms with Crippen molar-refractivity contribution >= 4 is 34.9 Å². The van der Waals surface area contributed by atoms with Crippen molar-refractivity contribution in [1.29, 1.82) is 0 Å². The van der Waals surface area contributed by atoms with Gasteiger partial charge in [0.25, 0.3) is 5.91 Å². The normalized spacial score (nSPS) is 10.8. The van der Waals surface area contributed by atoms with Crippen molar-refractivity contribution in [3.05, 3.63) is 71.5 Å². The summed E-state index contributed by atoms with van der Waals surface area (Å²) in [4.78, 5) is 24.8. The predicted molar refractivity (Wildman–Crippen MR) is 137 cm³/mol. The number of aromatic nitrogens is 4. The monoisotopic (exact) mass is 506 g/mol. The van der Waals surface area contributed by atoms with E-state index in [1.807, 2.05) is 19.1 Å². The largest absolute Gasteiger partial charge is 0.497 e. The number of hydrogen-bond acceptors (Lipinski definition) is 8. The van der Waals surface area contributed by atoms with Gasteiger partial charge in [-0.2, -0.15) is 9.61 Å². The lowest BCUT2D eigenvalue weighted by Crippen LogP contribution is -2.26. The molecule has 0 aliphatic rings. The number of methoxy groups -OCH3 is 2. The molecule has 10 nitrogen and oxygen atoms in total. The Balaban J connectivity index is 1.34. The summed E-state index contributed by atoms with van der Waals surface area (Å²) in [7, 11) is 3.10. The van der Waals surface area contributed by atoms with E-state index in [1.165, 1.54) is 18.9 Å². The molecule has 0 radical (unpaired) electrons. The Kier molecular flexibility index (Phi) is 8.01. The number of anilines is 1. The molecule has 11 heteroatoms. The lowest BCUT2D eigenvalue weighted by atomic mass is 10.1. The van der Waals surface area contributed by atoms with Crippen molar-refractivity contribution in [3.8, 4) is 11.5 Å². The maximum Gasteiger partial charge on any atom is 0.251 e. The summed E-state index contributed by atoms with van der Waals surface area (Å²) in [5, 5.41) is 19.3. The van der Waals surface area contributed by atoms with Crippen LogP contribution in [0, 0.1) is 6.92 Å². The van der Waals surface area contributed by atoms with Crippen LogP contribution in [0.25, 0.3) is 5.65 Å². The molecule has 0 fully saturated rings. The van der Waals surface area contributed by atoms with Gasteiger partial charge in [0.15, 0.2) is 11.5 Å². The maximum absolute atomic E-state index is 12.5. The van der Waals surface area contributed by atoms with Crippen molar-refractivity contribution in [2.75, 3.05) is 31.8 Å². The molecule has 0 aliphatic carbocycles. The summed E-state index contributed by atoms with van der Waals surface area (Å²) < 4.78 is 12.1. The highest BCUT2D eigenvalue weighted by atomic mass is 32.2. The molecular weight excluding hydrogens is 480 g/mol. The molecule has 2 N–H and O–H groups in total. The zero-order valence-electron chi connectivity index (χ0n) is 20.1. The standard InChI is InChI=1S/C25H26N6O4S/c1-16-4-6-17(7-5-16)25(33)26-13-12-22-29-28-21-10-11-24(30-31(21)22)36-15-23(32)27-19-9-8-18(34-2)14-20(19)35-3/h4-11,14H,12-13,15H2,1-3H3,(H,26,33)(H,27,32). The average molecular weight is 507 g/mol. The number of nitrogens with one attached hydrogen (secondary N) is 2. The molecule has 0 saturated heterocycles. The number of ether oxygens (including phenoxy) is 2. The number of thioether (sulfide) groups is 1. The highest BCUT2D eigenvalue weighted by Crippen LogP contribution is 2.29. The summed E-state index contributed by atoms with van der Waals surface area (Å²) in [5.74, 6) is 1.56. The summed E-state index contributed by atoms with van der Waals surface area (Å²) in [6.07, 6.45) is 0.456. The van der Waals surface area contributed by atoms with E-state index in [2.05, 4.69) is 25.9 Å². The fourth-order valence-corrected chi connectivity index (χ4v) is 4.03. The predicted octanol–water partition coefficient (Wildman–Crippen LogP) is 3.15. The molecular formula is C25H26N6O4S. The molecule has 2 amide bonds. The quantitative estimate of drug-likeness (QED) is 0.315. The first kappa shape index (κ1) is 25.0. The number of carbonyl (C=O) groups is 2. The minimum atomic E-state index is -0.201. The second-order valence-electron chi connectivity index (χ2n) is 7.83. The molecule has 0 unspecified atom stereocenters. The van der Waals surface area contributed by atoms with Crippen molar-refractivity contribution < 1.29 is 19.1 Å². The summed E-state index contributed by atoms with van der Waals surface area (Å²) in [6, 6.07) is 16.2. The fraction of sp³-hybridized carbons (Fsp3) is 0.240. The SMILES string of the molecule is COc1ccc(NC(=O)CSc2ccc3nnc(CCNC(=O)c4ccc(C)cc4)n3n2)c(OC)c1. The van der Waals surface area contributed by atoms with Crippen molar-refractivity contribution in [2.45, 2.75) is 18.4 Å². The van der Waals surface area contributed by atoms with Crippen LogP contribution in [0.2, 0.25) is 0 Å². The van der Waals surface area contributed by atoms with Crippen molar-refractivity contribution in [3.63, 3.8) is 0 Å². The molecule has 2 aromatic heterocycles. The zero-order valence-corrected chi connectivity index (χ0v) is 21.0. The van der Waals surface area contributed by atoms with Crippen LogP contribution in [0.1, 0.15) is 21.7 Å². The first-order valence-corrected chi connectivity index (χ1v) is 12.2. The van der Waals surface area contributed by atoms with Gasteiger partial charge < -0.3 is 20.1 Å². The van der Waals surface area contributed by atoms with Gasteiger partial charge in [-0.25, -0.2) is 0 Å². The third-order valence-electron chi connectivity index (χ3n) is 5.28. The van der Waals surface area contributed by atoms with Gasteiger partial charge in [-0.3, -0.25) is 9.59 Å². The van der Waals surface area contributed by atoms with Crippen LogP contribution in [0.3, 0.4) is 0 Å². The molecule has 2 aromatic carbocycles. The van der Waals surface area contributed by atoms with E-state index in [9.17, 15) is 9.59 Å². The molecule has 36 heavy (non-hydrogen) atoms. The minimum absolute atomic E-state index is 0.146. The molecule has 4 rings (SSSR count). The van der Waals surface area contributed by atoms with Gasteiger partial charge in [0.1, 0.15) is 16.5 Å². The highest BCUT2D eigenvalue weighted by Gasteiger charge is 2.13. The van der Waals surface area contributed by atoms with E-state index in [1.54, 1.807) is 54.1 Å². The highest BCUT2D eigenvalue weighted by molar-refractivity contribution is 7.99. The van der Waals surface area contributed by atoms with E-state index >= 15 is 0 Å². The summed E-state index contributed by atoms with van der Waals surface area (Å²) >= 11 is 1.29. The lowest BCUT2D eigenvalue weighted by molar-refractivity contribution is -0.113. The molecule has 0 spiro atoms. The molecule has 186 valence electrons. The number of rotatable bonds is 10. The Morgan fingerprint density at radius 2 is 1.81 bits per heavy atom. The van der Waals surface area contributed by atoms with E-state index in [4.69, 9.17) is 9.47 Å². The van der Waals surface area contributed by atoms with Crippen LogP contribution >= 0.6 is 11.8 Å².